The molecule has 0 aliphatic carbocycles. The zero-order chi connectivity index (χ0) is 19.3. The van der Waals surface area contributed by atoms with Crippen molar-refractivity contribution in [2.45, 2.75) is 58.5 Å². The summed E-state index contributed by atoms with van der Waals surface area (Å²) in [5, 5.41) is 9.91. The largest absolute Gasteiger partial charge is 0.409 e. The lowest BCUT2D eigenvalue weighted by Gasteiger charge is -2.13. The molecule has 7 nitrogen and oxygen atoms in total. The second kappa shape index (κ2) is 8.90. The molecule has 0 spiro atoms. The third kappa shape index (κ3) is 4.28. The van der Waals surface area contributed by atoms with Crippen molar-refractivity contribution in [2.75, 3.05) is 5.75 Å². The Morgan fingerprint density at radius 2 is 2.19 bits per heavy atom. The van der Waals surface area contributed by atoms with Crippen LogP contribution < -0.4 is 10.4 Å². The normalized spacial score (nSPS) is 12.1. The number of aromatic amines is 1. The highest BCUT2D eigenvalue weighted by Gasteiger charge is 2.22. The molecule has 2 aromatic rings. The Morgan fingerprint density at radius 3 is 2.77 bits per heavy atom. The summed E-state index contributed by atoms with van der Waals surface area (Å²) in [7, 11) is 0. The van der Waals surface area contributed by atoms with Crippen LogP contribution in [0, 0.1) is 24.2 Å². The smallest absolute Gasteiger partial charge is 0.336 e. The first kappa shape index (κ1) is 20.0. The van der Waals surface area contributed by atoms with Gasteiger partial charge in [-0.1, -0.05) is 44.9 Å². The summed E-state index contributed by atoms with van der Waals surface area (Å²) >= 11 is 1.48. The van der Waals surface area contributed by atoms with Gasteiger partial charge < -0.3 is 4.74 Å². The summed E-state index contributed by atoms with van der Waals surface area (Å²) in [6.07, 6.45) is 4.57. The molecule has 2 heterocycles. The lowest BCUT2D eigenvalue weighted by Crippen LogP contribution is -2.20. The third-order valence-corrected chi connectivity index (χ3v) is 5.41. The molecule has 140 valence electrons. The monoisotopic (exact) mass is 376 g/mol. The Kier molecular flexibility index (Phi) is 6.86. The van der Waals surface area contributed by atoms with Crippen LogP contribution in [0.25, 0.3) is 5.65 Å². The van der Waals surface area contributed by atoms with Gasteiger partial charge >= 0.3 is 11.7 Å². The number of H-pyrrole nitrogens is 1. The highest BCUT2D eigenvalue weighted by molar-refractivity contribution is 7.99. The van der Waals surface area contributed by atoms with Crippen molar-refractivity contribution >= 4 is 23.4 Å². The average molecular weight is 376 g/mol. The molecule has 1 atom stereocenters. The molecule has 0 amide bonds. The minimum atomic E-state index is -0.559. The molecule has 2 rings (SSSR count). The summed E-state index contributed by atoms with van der Waals surface area (Å²) < 4.78 is 6.27. The van der Waals surface area contributed by atoms with E-state index in [0.29, 0.717) is 16.6 Å². The van der Waals surface area contributed by atoms with E-state index in [2.05, 4.69) is 29.9 Å². The number of nitrogens with one attached hydrogen (secondary N) is 1. The second-order valence-corrected chi connectivity index (χ2v) is 7.25. The molecule has 0 aromatic carbocycles. The molecule has 1 unspecified atom stereocenters. The Labute approximate surface area is 156 Å². The first-order valence-corrected chi connectivity index (χ1v) is 9.78. The Morgan fingerprint density at radius 1 is 1.46 bits per heavy atom. The van der Waals surface area contributed by atoms with Crippen LogP contribution in [-0.4, -0.2) is 26.1 Å². The molecule has 2 aromatic heterocycles. The van der Waals surface area contributed by atoms with Crippen LogP contribution in [0.1, 0.15) is 57.6 Å². The number of nitriles is 1. The minimum absolute atomic E-state index is 0.0451. The lowest BCUT2D eigenvalue weighted by atomic mass is 10.0. The molecule has 26 heavy (non-hydrogen) atoms. The summed E-state index contributed by atoms with van der Waals surface area (Å²) in [4.78, 5) is 31.0. The van der Waals surface area contributed by atoms with E-state index in [1.807, 2.05) is 0 Å². The van der Waals surface area contributed by atoms with Gasteiger partial charge in [-0.3, -0.25) is 9.78 Å². The molecule has 0 bridgehead atoms. The number of thioether (sulfide) groups is 1. The molecular weight excluding hydrogens is 352 g/mol. The zero-order valence-corrected chi connectivity index (χ0v) is 16.4. The number of carbonyl (C=O) groups excluding carboxylic acids is 1. The van der Waals surface area contributed by atoms with E-state index in [0.717, 1.165) is 29.4 Å². The topological polar surface area (TPSA) is 100 Å². The van der Waals surface area contributed by atoms with Crippen LogP contribution in [0.4, 0.5) is 0 Å². The van der Waals surface area contributed by atoms with Gasteiger partial charge in [0.15, 0.2) is 10.8 Å². The number of nitrogens with zero attached hydrogens (tertiary/aromatic N) is 3. The van der Waals surface area contributed by atoms with Crippen molar-refractivity contribution in [3.05, 3.63) is 21.6 Å². The molecule has 0 aliphatic heterocycles. The number of hydrogen-bond donors (Lipinski definition) is 1. The van der Waals surface area contributed by atoms with E-state index in [4.69, 9.17) is 4.74 Å². The Balaban J connectivity index is 2.39. The van der Waals surface area contributed by atoms with Gasteiger partial charge in [0.25, 0.3) is 0 Å². The fraction of sp³-hybridized carbons (Fsp3) is 0.556. The van der Waals surface area contributed by atoms with Gasteiger partial charge in [0.05, 0.1) is 0 Å². The van der Waals surface area contributed by atoms with Crippen molar-refractivity contribution in [3.63, 3.8) is 0 Å². The summed E-state index contributed by atoms with van der Waals surface area (Å²) in [6, 6.07) is 2.05. The van der Waals surface area contributed by atoms with E-state index in [1.54, 1.807) is 6.92 Å². The van der Waals surface area contributed by atoms with Gasteiger partial charge in [-0.05, 0) is 19.3 Å². The van der Waals surface area contributed by atoms with Gasteiger partial charge in [0.2, 0.25) is 5.88 Å². The van der Waals surface area contributed by atoms with E-state index >= 15 is 0 Å². The molecule has 0 fully saturated rings. The third-order valence-electron chi connectivity index (χ3n) is 4.31. The molecular formula is C18H24N4O3S. The van der Waals surface area contributed by atoms with Gasteiger partial charge in [-0.15, -0.1) is 0 Å². The Bertz CT molecular complexity index is 894. The molecule has 0 saturated heterocycles. The van der Waals surface area contributed by atoms with Crippen LogP contribution in [-0.2, 0) is 4.79 Å². The minimum Gasteiger partial charge on any atom is -0.409 e. The van der Waals surface area contributed by atoms with Crippen molar-refractivity contribution in [1.82, 2.24) is 14.4 Å². The fourth-order valence-corrected chi connectivity index (χ4v) is 3.88. The van der Waals surface area contributed by atoms with Crippen molar-refractivity contribution < 1.29 is 9.53 Å². The number of unbranched alkanes of at least 4 members (excludes halogenated alkanes) is 1. The number of hydrogen-bond acceptors (Lipinski definition) is 6. The van der Waals surface area contributed by atoms with Gasteiger partial charge in [0.1, 0.15) is 11.6 Å². The molecule has 0 radical (unpaired) electrons. The molecule has 0 aliphatic rings. The number of ether oxygens (including phenoxy) is 1. The number of fused-ring (bicyclic) bond motifs is 1. The molecule has 0 saturated carbocycles. The van der Waals surface area contributed by atoms with Crippen molar-refractivity contribution in [1.29, 1.82) is 5.26 Å². The quantitative estimate of drug-likeness (QED) is 0.559. The predicted molar refractivity (Wildman–Crippen MR) is 101 cm³/mol. The first-order valence-electron chi connectivity index (χ1n) is 8.79. The maximum atomic E-state index is 12.5. The Hall–Kier alpha value is -2.27. The number of carbonyl (C=O) groups is 1. The van der Waals surface area contributed by atoms with Crippen LogP contribution in [0.2, 0.25) is 0 Å². The number of rotatable bonds is 8. The van der Waals surface area contributed by atoms with E-state index in [-0.39, 0.29) is 17.1 Å². The molecule has 1 N–H and O–H groups in total. The van der Waals surface area contributed by atoms with Gasteiger partial charge in [-0.2, -0.15) is 5.26 Å². The zero-order valence-electron chi connectivity index (χ0n) is 15.6. The standard InChI is InChI=1S/C18H24N4O3S/c1-5-7-8-13(6-2)10-26-17-20-15-14(9-19)11(3)16(25-12(4)23)22(15)18(24)21-17/h13H,5-8,10H2,1-4H3,(H,20,21,24). The van der Waals surface area contributed by atoms with E-state index < -0.39 is 11.7 Å². The van der Waals surface area contributed by atoms with Crippen molar-refractivity contribution in [2.24, 2.45) is 5.92 Å². The van der Waals surface area contributed by atoms with Crippen LogP contribution in [0.15, 0.2) is 9.95 Å². The summed E-state index contributed by atoms with van der Waals surface area (Å²) in [6.45, 7) is 7.22. The highest BCUT2D eigenvalue weighted by atomic mass is 32.2. The lowest BCUT2D eigenvalue weighted by molar-refractivity contribution is -0.132. The predicted octanol–water partition coefficient (Wildman–Crippen LogP) is 3.44. The average Bonchev–Trinajstić information content (AvgIpc) is 2.86. The van der Waals surface area contributed by atoms with Gasteiger partial charge in [0, 0.05) is 18.2 Å². The van der Waals surface area contributed by atoms with Crippen LogP contribution >= 0.6 is 11.8 Å². The van der Waals surface area contributed by atoms with E-state index in [1.165, 1.54) is 25.1 Å². The SMILES string of the molecule is CCCCC(CC)CSc1nc2c(C#N)c(C)c(OC(C)=O)n2c(=O)[nH]1. The fourth-order valence-electron chi connectivity index (χ4n) is 2.77. The van der Waals surface area contributed by atoms with E-state index in [9.17, 15) is 14.9 Å². The maximum Gasteiger partial charge on any atom is 0.336 e. The number of esters is 1. The van der Waals surface area contributed by atoms with Gasteiger partial charge in [-0.25, -0.2) is 14.2 Å². The molecule has 8 heteroatoms. The van der Waals surface area contributed by atoms with Crippen molar-refractivity contribution in [3.8, 4) is 11.9 Å². The first-order chi connectivity index (χ1) is 12.4. The second-order valence-electron chi connectivity index (χ2n) is 6.24. The van der Waals surface area contributed by atoms with Crippen LogP contribution in [0.3, 0.4) is 0 Å². The maximum absolute atomic E-state index is 12.5. The highest BCUT2D eigenvalue weighted by Crippen LogP contribution is 2.28. The number of aromatic nitrogens is 3. The summed E-state index contributed by atoms with van der Waals surface area (Å²) in [5.74, 6) is 0.899. The summed E-state index contributed by atoms with van der Waals surface area (Å²) in [5.41, 5.74) is 0.415. The van der Waals surface area contributed by atoms with Crippen LogP contribution in [0.5, 0.6) is 5.88 Å².